The summed E-state index contributed by atoms with van der Waals surface area (Å²) in [6.07, 6.45) is 0. The molecule has 32 heavy (non-hydrogen) atoms. The number of hydrogen-bond donors (Lipinski definition) is 1. The smallest absolute Gasteiger partial charge is 0.276 e. The fraction of sp³-hybridized carbons (Fsp3) is 0.174. The van der Waals surface area contributed by atoms with E-state index in [2.05, 4.69) is 10.3 Å². The van der Waals surface area contributed by atoms with Gasteiger partial charge in [-0.15, -0.1) is 11.3 Å². The normalized spacial score (nSPS) is 11.0. The predicted octanol–water partition coefficient (Wildman–Crippen LogP) is 5.02. The van der Waals surface area contributed by atoms with Crippen LogP contribution in [0.25, 0.3) is 15.9 Å². The highest BCUT2D eigenvalue weighted by Crippen LogP contribution is 2.25. The lowest BCUT2D eigenvalue weighted by Crippen LogP contribution is -2.23. The summed E-state index contributed by atoms with van der Waals surface area (Å²) in [5, 5.41) is 5.00. The summed E-state index contributed by atoms with van der Waals surface area (Å²) in [7, 11) is 0. The topological polar surface area (TPSA) is 73.2 Å². The Morgan fingerprint density at radius 2 is 2.00 bits per heavy atom. The van der Waals surface area contributed by atoms with Crippen molar-refractivity contribution in [2.24, 2.45) is 0 Å². The number of aryl methyl sites for hydroxylation is 1. The van der Waals surface area contributed by atoms with Gasteiger partial charge < -0.3 is 10.1 Å². The number of halogens is 1. The van der Waals surface area contributed by atoms with E-state index in [9.17, 15) is 14.0 Å². The first-order valence-corrected chi connectivity index (χ1v) is 11.7. The second-order valence-corrected chi connectivity index (χ2v) is 8.75. The molecule has 4 rings (SSSR count). The van der Waals surface area contributed by atoms with Gasteiger partial charge in [0, 0.05) is 5.69 Å². The largest absolute Gasteiger partial charge is 0.494 e. The standard InChI is InChI=1S/C23H20FN3O3S2/c1-3-30-17-7-5-16(6-8-17)25-20(28)13-32-23-26-18-10-11-31-21(18)22(29)27(23)19-9-4-15(24)12-14(19)2/h4-12H,3,13H2,1-2H3,(H,25,28). The number of thioether (sulfide) groups is 1. The number of hydrogen-bond acceptors (Lipinski definition) is 6. The minimum atomic E-state index is -0.381. The summed E-state index contributed by atoms with van der Waals surface area (Å²) in [6, 6.07) is 13.1. The van der Waals surface area contributed by atoms with Crippen molar-refractivity contribution in [1.29, 1.82) is 0 Å². The number of nitrogens with zero attached hydrogens (tertiary/aromatic N) is 2. The monoisotopic (exact) mass is 469 g/mol. The van der Waals surface area contributed by atoms with E-state index < -0.39 is 0 Å². The van der Waals surface area contributed by atoms with E-state index in [0.717, 1.165) is 17.5 Å². The summed E-state index contributed by atoms with van der Waals surface area (Å²) in [5.41, 5.74) is 2.12. The van der Waals surface area contributed by atoms with E-state index in [-0.39, 0.29) is 23.0 Å². The summed E-state index contributed by atoms with van der Waals surface area (Å²) in [5.74, 6) is 0.164. The van der Waals surface area contributed by atoms with E-state index in [1.165, 1.54) is 28.0 Å². The average Bonchev–Trinajstić information content (AvgIpc) is 3.24. The number of ether oxygens (including phenoxy) is 1. The Morgan fingerprint density at radius 1 is 1.22 bits per heavy atom. The van der Waals surface area contributed by atoms with Gasteiger partial charge in [0.15, 0.2) is 5.16 Å². The molecule has 0 fully saturated rings. The van der Waals surface area contributed by atoms with Crippen LogP contribution in [0.3, 0.4) is 0 Å². The van der Waals surface area contributed by atoms with Crippen LogP contribution >= 0.6 is 23.1 Å². The molecule has 0 spiro atoms. The second kappa shape index (κ2) is 9.54. The highest BCUT2D eigenvalue weighted by atomic mass is 32.2. The number of benzene rings is 2. The van der Waals surface area contributed by atoms with E-state index >= 15 is 0 Å². The maximum absolute atomic E-state index is 13.6. The molecule has 2 aromatic carbocycles. The van der Waals surface area contributed by atoms with Crippen LogP contribution in [0.1, 0.15) is 12.5 Å². The van der Waals surface area contributed by atoms with E-state index in [1.54, 1.807) is 48.7 Å². The van der Waals surface area contributed by atoms with Crippen molar-refractivity contribution in [3.8, 4) is 11.4 Å². The molecular formula is C23H20FN3O3S2. The summed E-state index contributed by atoms with van der Waals surface area (Å²) in [6.45, 7) is 4.21. The van der Waals surface area contributed by atoms with Crippen molar-refractivity contribution < 1.29 is 13.9 Å². The molecule has 2 aromatic heterocycles. The first-order valence-electron chi connectivity index (χ1n) is 9.88. The zero-order chi connectivity index (χ0) is 22.7. The van der Waals surface area contributed by atoms with Crippen molar-refractivity contribution in [3.63, 3.8) is 0 Å². The Kier molecular flexibility index (Phi) is 6.57. The lowest BCUT2D eigenvalue weighted by atomic mass is 10.2. The van der Waals surface area contributed by atoms with Crippen LogP contribution in [0, 0.1) is 12.7 Å². The third-order valence-corrected chi connectivity index (χ3v) is 6.46. The number of nitrogens with one attached hydrogen (secondary N) is 1. The molecule has 0 saturated heterocycles. The van der Waals surface area contributed by atoms with E-state index in [4.69, 9.17) is 4.74 Å². The van der Waals surface area contributed by atoms with Crippen LogP contribution in [-0.4, -0.2) is 27.8 Å². The van der Waals surface area contributed by atoms with Crippen molar-refractivity contribution >= 4 is 44.9 Å². The van der Waals surface area contributed by atoms with Crippen LogP contribution < -0.4 is 15.6 Å². The molecule has 0 aliphatic rings. The molecule has 0 bridgehead atoms. The number of rotatable bonds is 7. The molecule has 164 valence electrons. The molecule has 0 unspecified atom stereocenters. The summed E-state index contributed by atoms with van der Waals surface area (Å²) in [4.78, 5) is 30.3. The van der Waals surface area contributed by atoms with Gasteiger partial charge in [0.05, 0.1) is 23.6 Å². The average molecular weight is 470 g/mol. The minimum Gasteiger partial charge on any atom is -0.494 e. The molecular weight excluding hydrogens is 449 g/mol. The molecule has 9 heteroatoms. The van der Waals surface area contributed by atoms with E-state index in [0.29, 0.717) is 38.9 Å². The molecule has 0 radical (unpaired) electrons. The maximum Gasteiger partial charge on any atom is 0.276 e. The van der Waals surface area contributed by atoms with Crippen LogP contribution in [0.15, 0.2) is 63.9 Å². The number of thiophene rings is 1. The zero-order valence-electron chi connectivity index (χ0n) is 17.4. The SMILES string of the molecule is CCOc1ccc(NC(=O)CSc2nc3ccsc3c(=O)n2-c2ccc(F)cc2C)cc1. The van der Waals surface area contributed by atoms with Crippen molar-refractivity contribution in [2.75, 3.05) is 17.7 Å². The van der Waals surface area contributed by atoms with Gasteiger partial charge in [0.25, 0.3) is 5.56 Å². The van der Waals surface area contributed by atoms with Gasteiger partial charge in [-0.1, -0.05) is 11.8 Å². The van der Waals surface area contributed by atoms with E-state index in [1.807, 2.05) is 6.92 Å². The van der Waals surface area contributed by atoms with Crippen molar-refractivity contribution in [2.45, 2.75) is 19.0 Å². The fourth-order valence-electron chi connectivity index (χ4n) is 3.20. The van der Waals surface area contributed by atoms with Gasteiger partial charge >= 0.3 is 0 Å². The number of carbonyl (C=O) groups excluding carboxylic acids is 1. The first-order chi connectivity index (χ1) is 15.5. The Balaban J connectivity index is 1.59. The number of amides is 1. The highest BCUT2D eigenvalue weighted by Gasteiger charge is 2.17. The molecule has 0 aliphatic heterocycles. The van der Waals surface area contributed by atoms with Crippen LogP contribution in [-0.2, 0) is 4.79 Å². The number of anilines is 1. The summed E-state index contributed by atoms with van der Waals surface area (Å²) >= 11 is 2.45. The lowest BCUT2D eigenvalue weighted by Gasteiger charge is -2.14. The summed E-state index contributed by atoms with van der Waals surface area (Å²) < 4.78 is 21.0. The quantitative estimate of drug-likeness (QED) is 0.304. The molecule has 0 saturated carbocycles. The van der Waals surface area contributed by atoms with Crippen LogP contribution in [0.4, 0.5) is 10.1 Å². The van der Waals surface area contributed by atoms with Gasteiger partial charge in [-0.25, -0.2) is 9.37 Å². The minimum absolute atomic E-state index is 0.0511. The maximum atomic E-state index is 13.6. The van der Waals surface area contributed by atoms with Gasteiger partial charge in [-0.3, -0.25) is 14.2 Å². The predicted molar refractivity (Wildman–Crippen MR) is 127 cm³/mol. The third kappa shape index (κ3) is 4.68. The molecule has 6 nitrogen and oxygen atoms in total. The molecule has 0 atom stereocenters. The first kappa shape index (κ1) is 22.0. The fourth-order valence-corrected chi connectivity index (χ4v) is 4.76. The molecule has 1 amide bonds. The number of fused-ring (bicyclic) bond motifs is 1. The Bertz CT molecular complexity index is 1330. The van der Waals surface area contributed by atoms with Gasteiger partial charge in [-0.05, 0) is 73.3 Å². The van der Waals surface area contributed by atoms with Crippen molar-refractivity contribution in [1.82, 2.24) is 9.55 Å². The highest BCUT2D eigenvalue weighted by molar-refractivity contribution is 7.99. The Labute approximate surface area is 192 Å². The third-order valence-electron chi connectivity index (χ3n) is 4.63. The van der Waals surface area contributed by atoms with Gasteiger partial charge in [0.1, 0.15) is 16.3 Å². The van der Waals surface area contributed by atoms with Gasteiger partial charge in [0.2, 0.25) is 5.91 Å². The van der Waals surface area contributed by atoms with Crippen molar-refractivity contribution in [3.05, 3.63) is 75.6 Å². The molecule has 4 aromatic rings. The Morgan fingerprint density at radius 3 is 2.72 bits per heavy atom. The lowest BCUT2D eigenvalue weighted by molar-refractivity contribution is -0.113. The molecule has 2 heterocycles. The Hall–Kier alpha value is -3.17. The molecule has 0 aliphatic carbocycles. The van der Waals surface area contributed by atoms with Gasteiger partial charge in [-0.2, -0.15) is 0 Å². The number of aromatic nitrogens is 2. The van der Waals surface area contributed by atoms with Crippen LogP contribution in [0.2, 0.25) is 0 Å². The van der Waals surface area contributed by atoms with Crippen LogP contribution in [0.5, 0.6) is 5.75 Å². The second-order valence-electron chi connectivity index (χ2n) is 6.89. The zero-order valence-corrected chi connectivity index (χ0v) is 19.1. The number of carbonyl (C=O) groups is 1. The molecule has 1 N–H and O–H groups in total.